The summed E-state index contributed by atoms with van der Waals surface area (Å²) in [6.45, 7) is 11.1. The molecule has 19 heavy (non-hydrogen) atoms. The maximum atomic E-state index is 4.87. The molecule has 0 fully saturated rings. The maximum Gasteiger partial charge on any atom is 0.130 e. The van der Waals surface area contributed by atoms with E-state index in [9.17, 15) is 0 Å². The van der Waals surface area contributed by atoms with E-state index < -0.39 is 0 Å². The molecule has 2 rings (SSSR count). The normalized spacial score (nSPS) is 12.2. The van der Waals surface area contributed by atoms with Crippen LogP contribution in [-0.2, 0) is 5.41 Å². The highest BCUT2D eigenvalue weighted by Gasteiger charge is 2.20. The van der Waals surface area contributed by atoms with Crippen molar-refractivity contribution < 1.29 is 0 Å². The second kappa shape index (κ2) is 4.84. The molecule has 2 aromatic rings. The van der Waals surface area contributed by atoms with Crippen LogP contribution in [-0.4, -0.2) is 12.0 Å². The Hall–Kier alpha value is -1.57. The largest absolute Gasteiger partial charge is 0.373 e. The van der Waals surface area contributed by atoms with Crippen molar-refractivity contribution in [1.82, 2.24) is 4.98 Å². The second-order valence-corrected chi connectivity index (χ2v) is 6.46. The van der Waals surface area contributed by atoms with Crippen molar-refractivity contribution in [2.45, 2.75) is 46.0 Å². The number of aromatic nitrogens is 1. The summed E-state index contributed by atoms with van der Waals surface area (Å²) in [5.41, 5.74) is 3.79. The average Bonchev–Trinajstić information content (AvgIpc) is 2.35. The van der Waals surface area contributed by atoms with Crippen molar-refractivity contribution in [3.63, 3.8) is 0 Å². The summed E-state index contributed by atoms with van der Waals surface area (Å²) in [6, 6.07) is 8.74. The fraction of sp³-hybridized carbons (Fsp3) is 0.471. The first-order valence-electron chi connectivity index (χ1n) is 6.96. The molecule has 1 aromatic carbocycles. The van der Waals surface area contributed by atoms with Gasteiger partial charge in [-0.1, -0.05) is 52.8 Å². The molecule has 0 unspecified atom stereocenters. The Morgan fingerprint density at radius 3 is 2.37 bits per heavy atom. The van der Waals surface area contributed by atoms with Crippen molar-refractivity contribution in [3.8, 4) is 0 Å². The summed E-state index contributed by atoms with van der Waals surface area (Å²) in [7, 11) is 1.95. The topological polar surface area (TPSA) is 24.9 Å². The molecule has 0 atom stereocenters. The monoisotopic (exact) mass is 256 g/mol. The number of benzene rings is 1. The number of nitrogens with one attached hydrogen (secondary N) is 1. The van der Waals surface area contributed by atoms with E-state index in [1.165, 1.54) is 16.5 Å². The Balaban J connectivity index is 2.78. The van der Waals surface area contributed by atoms with Gasteiger partial charge in [-0.3, -0.25) is 0 Å². The van der Waals surface area contributed by atoms with E-state index in [2.05, 4.69) is 64.2 Å². The summed E-state index contributed by atoms with van der Waals surface area (Å²) < 4.78 is 0. The van der Waals surface area contributed by atoms with Crippen molar-refractivity contribution in [2.75, 3.05) is 12.4 Å². The van der Waals surface area contributed by atoms with Crippen LogP contribution in [0.5, 0.6) is 0 Å². The summed E-state index contributed by atoms with van der Waals surface area (Å²) in [5.74, 6) is 1.48. The van der Waals surface area contributed by atoms with Crippen LogP contribution in [0.3, 0.4) is 0 Å². The number of anilines is 1. The fourth-order valence-corrected chi connectivity index (χ4v) is 2.45. The molecule has 0 aliphatic heterocycles. The molecule has 0 radical (unpaired) electrons. The number of hydrogen-bond donors (Lipinski definition) is 1. The van der Waals surface area contributed by atoms with Crippen molar-refractivity contribution in [2.24, 2.45) is 0 Å². The number of nitrogens with zero attached hydrogens (tertiary/aromatic N) is 1. The van der Waals surface area contributed by atoms with Crippen LogP contribution < -0.4 is 5.32 Å². The molecule has 0 amide bonds. The van der Waals surface area contributed by atoms with E-state index in [4.69, 9.17) is 4.98 Å². The minimum Gasteiger partial charge on any atom is -0.373 e. The standard InChI is InChI=1S/C17H24N2/c1-11(2)13-9-7-8-12-10-14(17(3,4)5)16(18-6)19-15(12)13/h7-11H,1-6H3,(H,18,19). The first-order valence-corrected chi connectivity index (χ1v) is 6.96. The van der Waals surface area contributed by atoms with Gasteiger partial charge >= 0.3 is 0 Å². The van der Waals surface area contributed by atoms with E-state index in [0.717, 1.165) is 11.3 Å². The first-order chi connectivity index (χ1) is 8.84. The predicted octanol–water partition coefficient (Wildman–Crippen LogP) is 4.70. The summed E-state index contributed by atoms with van der Waals surface area (Å²) in [5, 5.41) is 4.48. The van der Waals surface area contributed by atoms with Crippen LogP contribution in [0.2, 0.25) is 0 Å². The molecular weight excluding hydrogens is 232 g/mol. The Morgan fingerprint density at radius 2 is 1.84 bits per heavy atom. The van der Waals surface area contributed by atoms with Gasteiger partial charge in [-0.05, 0) is 23.0 Å². The molecule has 2 heteroatoms. The van der Waals surface area contributed by atoms with Gasteiger partial charge in [-0.15, -0.1) is 0 Å². The summed E-state index contributed by atoms with van der Waals surface area (Å²) in [6.07, 6.45) is 0. The summed E-state index contributed by atoms with van der Waals surface area (Å²) in [4.78, 5) is 4.87. The molecule has 2 nitrogen and oxygen atoms in total. The molecule has 0 saturated carbocycles. The third-order valence-corrected chi connectivity index (χ3v) is 3.54. The van der Waals surface area contributed by atoms with Gasteiger partial charge in [0, 0.05) is 18.0 Å². The molecule has 1 aromatic heterocycles. The van der Waals surface area contributed by atoms with Gasteiger partial charge in [0.05, 0.1) is 5.52 Å². The highest BCUT2D eigenvalue weighted by atomic mass is 15.0. The molecule has 0 bridgehead atoms. The van der Waals surface area contributed by atoms with Crippen molar-refractivity contribution >= 4 is 16.7 Å². The van der Waals surface area contributed by atoms with E-state index >= 15 is 0 Å². The van der Waals surface area contributed by atoms with E-state index in [1.807, 2.05) is 7.05 Å². The van der Waals surface area contributed by atoms with Gasteiger partial charge in [0.1, 0.15) is 5.82 Å². The Bertz CT molecular complexity index is 592. The lowest BCUT2D eigenvalue weighted by molar-refractivity contribution is 0.591. The number of para-hydroxylation sites is 1. The molecular formula is C17H24N2. The lowest BCUT2D eigenvalue weighted by atomic mass is 9.86. The molecule has 1 heterocycles. The first kappa shape index (κ1) is 13.9. The molecule has 0 aliphatic carbocycles. The third-order valence-electron chi connectivity index (χ3n) is 3.54. The molecule has 102 valence electrons. The molecule has 0 aliphatic rings. The van der Waals surface area contributed by atoms with Crippen molar-refractivity contribution in [1.29, 1.82) is 0 Å². The number of rotatable bonds is 2. The average molecular weight is 256 g/mol. The Labute approximate surface area is 116 Å². The maximum absolute atomic E-state index is 4.87. The Kier molecular flexibility index (Phi) is 3.53. The Morgan fingerprint density at radius 1 is 1.16 bits per heavy atom. The van der Waals surface area contributed by atoms with Crippen LogP contribution in [0, 0.1) is 0 Å². The molecule has 0 spiro atoms. The van der Waals surface area contributed by atoms with E-state index in [0.29, 0.717) is 5.92 Å². The van der Waals surface area contributed by atoms with Gasteiger partial charge < -0.3 is 5.32 Å². The minimum atomic E-state index is 0.0906. The van der Waals surface area contributed by atoms with Crippen LogP contribution in [0.1, 0.15) is 51.7 Å². The SMILES string of the molecule is CNc1nc2c(C(C)C)cccc2cc1C(C)(C)C. The quantitative estimate of drug-likeness (QED) is 0.842. The number of pyridine rings is 1. The zero-order chi connectivity index (χ0) is 14.2. The fourth-order valence-electron chi connectivity index (χ4n) is 2.45. The van der Waals surface area contributed by atoms with Gasteiger partial charge in [0.25, 0.3) is 0 Å². The highest BCUT2D eigenvalue weighted by Crippen LogP contribution is 2.33. The van der Waals surface area contributed by atoms with Gasteiger partial charge in [0.15, 0.2) is 0 Å². The number of hydrogen-bond acceptors (Lipinski definition) is 2. The smallest absolute Gasteiger partial charge is 0.130 e. The second-order valence-electron chi connectivity index (χ2n) is 6.46. The predicted molar refractivity (Wildman–Crippen MR) is 84.1 cm³/mol. The van der Waals surface area contributed by atoms with Crippen LogP contribution in [0.15, 0.2) is 24.3 Å². The van der Waals surface area contributed by atoms with Gasteiger partial charge in [-0.25, -0.2) is 4.98 Å². The van der Waals surface area contributed by atoms with Crippen molar-refractivity contribution in [3.05, 3.63) is 35.4 Å². The van der Waals surface area contributed by atoms with Crippen LogP contribution >= 0.6 is 0 Å². The third kappa shape index (κ3) is 2.58. The lowest BCUT2D eigenvalue weighted by Crippen LogP contribution is -2.15. The molecule has 0 saturated heterocycles. The minimum absolute atomic E-state index is 0.0906. The van der Waals surface area contributed by atoms with Crippen LogP contribution in [0.25, 0.3) is 10.9 Å². The zero-order valence-electron chi connectivity index (χ0n) is 12.8. The van der Waals surface area contributed by atoms with Crippen LogP contribution in [0.4, 0.5) is 5.82 Å². The van der Waals surface area contributed by atoms with E-state index in [-0.39, 0.29) is 5.41 Å². The summed E-state index contributed by atoms with van der Waals surface area (Å²) >= 11 is 0. The van der Waals surface area contributed by atoms with Gasteiger partial charge in [-0.2, -0.15) is 0 Å². The number of fused-ring (bicyclic) bond motifs is 1. The van der Waals surface area contributed by atoms with E-state index in [1.54, 1.807) is 0 Å². The zero-order valence-corrected chi connectivity index (χ0v) is 12.8. The van der Waals surface area contributed by atoms with Gasteiger partial charge in [0.2, 0.25) is 0 Å². The molecule has 1 N–H and O–H groups in total. The lowest BCUT2D eigenvalue weighted by Gasteiger charge is -2.23. The highest BCUT2D eigenvalue weighted by molar-refractivity contribution is 5.85.